The quantitative estimate of drug-likeness (QED) is 0.721. The van der Waals surface area contributed by atoms with Crippen LogP contribution in [-0.2, 0) is 14.4 Å². The molecule has 1 heterocycles. The van der Waals surface area contributed by atoms with E-state index in [2.05, 4.69) is 16.0 Å². The minimum absolute atomic E-state index is 0.212. The van der Waals surface area contributed by atoms with E-state index in [1.54, 1.807) is 32.0 Å². The number of carbonyl (C=O) groups is 4. The molecule has 3 N–H and O–H groups in total. The second-order valence-corrected chi connectivity index (χ2v) is 6.16. The van der Waals surface area contributed by atoms with Crippen LogP contribution < -0.4 is 16.0 Å². The van der Waals surface area contributed by atoms with Gasteiger partial charge >= 0.3 is 6.03 Å². The Kier molecular flexibility index (Phi) is 4.59. The molecule has 1 aliphatic heterocycles. The van der Waals surface area contributed by atoms with Gasteiger partial charge in [-0.05, 0) is 38.5 Å². The van der Waals surface area contributed by atoms with Gasteiger partial charge in [0, 0.05) is 18.3 Å². The van der Waals surface area contributed by atoms with Gasteiger partial charge in [-0.1, -0.05) is 6.07 Å². The highest BCUT2D eigenvalue weighted by Crippen LogP contribution is 2.22. The fourth-order valence-corrected chi connectivity index (χ4v) is 2.33. The maximum absolute atomic E-state index is 12.2. The summed E-state index contributed by atoms with van der Waals surface area (Å²) in [4.78, 5) is 48.0. The summed E-state index contributed by atoms with van der Waals surface area (Å²) in [7, 11) is 0. The van der Waals surface area contributed by atoms with E-state index in [9.17, 15) is 19.2 Å². The van der Waals surface area contributed by atoms with Crippen LogP contribution in [0.2, 0.25) is 0 Å². The molecule has 1 aromatic carbocycles. The molecular formula is C16H20N4O4. The standard InChI is InChI=1S/C16H20N4O4/c1-9-5-6-11(7-12(9)17-10(2)21)18-13(22)8-20-15(24)19-14(23)16(20,3)4/h5-7H,8H2,1-4H3,(H,17,21)(H,18,22)(H,19,23,24). The summed E-state index contributed by atoms with van der Waals surface area (Å²) in [6.07, 6.45) is 0. The molecule has 1 saturated heterocycles. The van der Waals surface area contributed by atoms with Crippen LogP contribution in [0, 0.1) is 6.92 Å². The number of hydrogen-bond acceptors (Lipinski definition) is 4. The third kappa shape index (κ3) is 3.53. The monoisotopic (exact) mass is 332 g/mol. The smallest absolute Gasteiger partial charge is 0.325 e. The van der Waals surface area contributed by atoms with Gasteiger partial charge in [0.15, 0.2) is 0 Å². The van der Waals surface area contributed by atoms with Gasteiger partial charge in [0.1, 0.15) is 12.1 Å². The molecule has 8 nitrogen and oxygen atoms in total. The number of hydrogen-bond donors (Lipinski definition) is 3. The summed E-state index contributed by atoms with van der Waals surface area (Å²) >= 11 is 0. The molecule has 0 atom stereocenters. The molecule has 0 radical (unpaired) electrons. The van der Waals surface area contributed by atoms with E-state index < -0.39 is 23.4 Å². The number of anilines is 2. The lowest BCUT2D eigenvalue weighted by atomic mass is 10.0. The summed E-state index contributed by atoms with van der Waals surface area (Å²) in [5, 5.41) is 7.52. The van der Waals surface area contributed by atoms with Crippen molar-refractivity contribution in [3.63, 3.8) is 0 Å². The number of aryl methyl sites for hydroxylation is 1. The molecule has 0 saturated carbocycles. The van der Waals surface area contributed by atoms with Crippen molar-refractivity contribution in [2.24, 2.45) is 0 Å². The first-order chi connectivity index (χ1) is 11.1. The summed E-state index contributed by atoms with van der Waals surface area (Å²) in [5.74, 6) is -1.09. The largest absolute Gasteiger partial charge is 0.326 e. The molecule has 0 aliphatic carbocycles. The van der Waals surface area contributed by atoms with Gasteiger partial charge in [-0.2, -0.15) is 0 Å². The fraction of sp³-hybridized carbons (Fsp3) is 0.375. The number of carbonyl (C=O) groups excluding carboxylic acids is 4. The molecule has 2 rings (SSSR count). The van der Waals surface area contributed by atoms with Crippen molar-refractivity contribution < 1.29 is 19.2 Å². The Morgan fingerprint density at radius 3 is 2.42 bits per heavy atom. The van der Waals surface area contributed by atoms with Gasteiger partial charge < -0.3 is 15.5 Å². The van der Waals surface area contributed by atoms with E-state index in [1.807, 2.05) is 6.92 Å². The predicted molar refractivity (Wildman–Crippen MR) is 88.4 cm³/mol. The van der Waals surface area contributed by atoms with Crippen molar-refractivity contribution in [3.05, 3.63) is 23.8 Å². The maximum Gasteiger partial charge on any atom is 0.325 e. The van der Waals surface area contributed by atoms with Crippen LogP contribution in [0.1, 0.15) is 26.3 Å². The van der Waals surface area contributed by atoms with Gasteiger partial charge in [0.25, 0.3) is 5.91 Å². The first kappa shape index (κ1) is 17.5. The van der Waals surface area contributed by atoms with Crippen LogP contribution in [0.3, 0.4) is 0 Å². The number of benzene rings is 1. The lowest BCUT2D eigenvalue weighted by Gasteiger charge is -2.27. The van der Waals surface area contributed by atoms with Crippen molar-refractivity contribution in [1.82, 2.24) is 10.2 Å². The lowest BCUT2D eigenvalue weighted by Crippen LogP contribution is -2.47. The first-order valence-corrected chi connectivity index (χ1v) is 7.42. The van der Waals surface area contributed by atoms with Crippen LogP contribution in [-0.4, -0.2) is 40.7 Å². The second-order valence-electron chi connectivity index (χ2n) is 6.16. The molecule has 128 valence electrons. The van der Waals surface area contributed by atoms with Crippen molar-refractivity contribution in [3.8, 4) is 0 Å². The van der Waals surface area contributed by atoms with Crippen molar-refractivity contribution >= 4 is 35.1 Å². The molecule has 1 aliphatic rings. The number of imide groups is 1. The van der Waals surface area contributed by atoms with Crippen LogP contribution in [0.5, 0.6) is 0 Å². The highest BCUT2D eigenvalue weighted by Gasteiger charge is 2.46. The first-order valence-electron chi connectivity index (χ1n) is 7.42. The Labute approximate surface area is 139 Å². The van der Waals surface area contributed by atoms with E-state index in [0.29, 0.717) is 11.4 Å². The van der Waals surface area contributed by atoms with Gasteiger partial charge in [-0.3, -0.25) is 19.7 Å². The molecule has 0 unspecified atom stereocenters. The molecule has 0 spiro atoms. The average Bonchev–Trinajstić information content (AvgIpc) is 2.64. The Balaban J connectivity index is 2.09. The van der Waals surface area contributed by atoms with Gasteiger partial charge in [-0.25, -0.2) is 4.79 Å². The molecule has 24 heavy (non-hydrogen) atoms. The molecule has 1 fully saturated rings. The number of amides is 5. The van der Waals surface area contributed by atoms with Gasteiger partial charge in [-0.15, -0.1) is 0 Å². The zero-order valence-electron chi connectivity index (χ0n) is 14.0. The van der Waals surface area contributed by atoms with Crippen LogP contribution in [0.4, 0.5) is 16.2 Å². The van der Waals surface area contributed by atoms with Crippen molar-refractivity contribution in [1.29, 1.82) is 0 Å². The third-order valence-corrected chi connectivity index (χ3v) is 3.83. The zero-order chi connectivity index (χ0) is 18.1. The zero-order valence-corrected chi connectivity index (χ0v) is 14.0. The second kappa shape index (κ2) is 6.31. The fourth-order valence-electron chi connectivity index (χ4n) is 2.33. The molecule has 8 heteroatoms. The van der Waals surface area contributed by atoms with E-state index in [-0.39, 0.29) is 12.5 Å². The minimum atomic E-state index is -1.08. The summed E-state index contributed by atoms with van der Waals surface area (Å²) in [5.41, 5.74) is 0.852. The number of nitrogens with one attached hydrogen (secondary N) is 3. The predicted octanol–water partition coefficient (Wildman–Crippen LogP) is 1.22. The lowest BCUT2D eigenvalue weighted by molar-refractivity contribution is -0.126. The summed E-state index contributed by atoms with van der Waals surface area (Å²) < 4.78 is 0. The van der Waals surface area contributed by atoms with E-state index in [4.69, 9.17) is 0 Å². The maximum atomic E-state index is 12.2. The van der Waals surface area contributed by atoms with E-state index >= 15 is 0 Å². The summed E-state index contributed by atoms with van der Waals surface area (Å²) in [6.45, 7) is 6.12. The Morgan fingerprint density at radius 2 is 1.88 bits per heavy atom. The number of urea groups is 1. The topological polar surface area (TPSA) is 108 Å². The highest BCUT2D eigenvalue weighted by atomic mass is 16.2. The minimum Gasteiger partial charge on any atom is -0.326 e. The van der Waals surface area contributed by atoms with Crippen LogP contribution >= 0.6 is 0 Å². The highest BCUT2D eigenvalue weighted by molar-refractivity contribution is 6.08. The Hall–Kier alpha value is -2.90. The normalized spacial score (nSPS) is 15.9. The van der Waals surface area contributed by atoms with Gasteiger partial charge in [0.2, 0.25) is 11.8 Å². The number of nitrogens with zero attached hydrogens (tertiary/aromatic N) is 1. The van der Waals surface area contributed by atoms with Crippen molar-refractivity contribution in [2.45, 2.75) is 33.2 Å². The van der Waals surface area contributed by atoms with Crippen molar-refractivity contribution in [2.75, 3.05) is 17.2 Å². The Morgan fingerprint density at radius 1 is 1.21 bits per heavy atom. The average molecular weight is 332 g/mol. The van der Waals surface area contributed by atoms with Crippen LogP contribution in [0.25, 0.3) is 0 Å². The van der Waals surface area contributed by atoms with E-state index in [0.717, 1.165) is 5.56 Å². The number of rotatable bonds is 4. The molecular weight excluding hydrogens is 312 g/mol. The van der Waals surface area contributed by atoms with Gasteiger partial charge in [0.05, 0.1) is 0 Å². The third-order valence-electron chi connectivity index (χ3n) is 3.83. The SMILES string of the molecule is CC(=O)Nc1cc(NC(=O)CN2C(=O)NC(=O)C2(C)C)ccc1C. The molecule has 0 bridgehead atoms. The molecule has 0 aromatic heterocycles. The summed E-state index contributed by atoms with van der Waals surface area (Å²) in [6, 6.07) is 4.49. The van der Waals surface area contributed by atoms with E-state index in [1.165, 1.54) is 11.8 Å². The molecule has 1 aromatic rings. The van der Waals surface area contributed by atoms with Crippen LogP contribution in [0.15, 0.2) is 18.2 Å². The Bertz CT molecular complexity index is 727. The molecule has 5 amide bonds.